The normalized spacial score (nSPS) is 11.9. The van der Waals surface area contributed by atoms with Gasteiger partial charge in [0.15, 0.2) is 0 Å². The van der Waals surface area contributed by atoms with E-state index in [4.69, 9.17) is 22.6 Å². The van der Waals surface area contributed by atoms with Gasteiger partial charge in [-0.15, -0.1) is 0 Å². The number of nitriles is 1. The molecule has 1 aromatic carbocycles. The monoisotopic (exact) mass is 206 g/mol. The Hall–Kier alpha value is -1.46. The third kappa shape index (κ3) is 2.07. The minimum absolute atomic E-state index is 0.515. The third-order valence-corrected chi connectivity index (χ3v) is 2.29. The number of hydrogen-bond acceptors (Lipinski definition) is 2. The molecule has 0 spiro atoms. The molecule has 0 heterocycles. The van der Waals surface area contributed by atoms with Gasteiger partial charge in [-0.3, -0.25) is 0 Å². The lowest BCUT2D eigenvalue weighted by Crippen LogP contribution is -2.01. The predicted octanol–water partition coefficient (Wildman–Crippen LogP) is 2.86. The first-order valence-corrected chi connectivity index (χ1v) is 4.57. The number of aryl methyl sites for hydroxylation is 1. The van der Waals surface area contributed by atoms with Gasteiger partial charge in [0.05, 0.1) is 11.8 Å². The molecule has 72 valence electrons. The molecule has 1 aromatic rings. The highest BCUT2D eigenvalue weighted by Gasteiger charge is 2.04. The van der Waals surface area contributed by atoms with E-state index >= 15 is 0 Å². The van der Waals surface area contributed by atoms with Crippen LogP contribution in [-0.2, 0) is 0 Å². The van der Waals surface area contributed by atoms with Crippen molar-refractivity contribution in [3.05, 3.63) is 39.9 Å². The molecule has 3 heteroatoms. The van der Waals surface area contributed by atoms with E-state index in [2.05, 4.69) is 0 Å². The first kappa shape index (κ1) is 10.6. The number of nitrogens with two attached hydrogens (primary N) is 1. The number of rotatable bonds is 1. The summed E-state index contributed by atoms with van der Waals surface area (Å²) >= 11 is 5.81. The second-order valence-electron chi connectivity index (χ2n) is 3.11. The lowest BCUT2D eigenvalue weighted by molar-refractivity contribution is 1.35. The summed E-state index contributed by atoms with van der Waals surface area (Å²) in [4.78, 5) is 0. The topological polar surface area (TPSA) is 49.8 Å². The van der Waals surface area contributed by atoms with Crippen LogP contribution in [0.25, 0.3) is 5.70 Å². The minimum atomic E-state index is 0.515. The molecule has 0 unspecified atom stereocenters. The second-order valence-corrected chi connectivity index (χ2v) is 3.55. The van der Waals surface area contributed by atoms with Crippen molar-refractivity contribution < 1.29 is 0 Å². The van der Waals surface area contributed by atoms with Crippen LogP contribution in [0, 0.1) is 18.3 Å². The summed E-state index contributed by atoms with van der Waals surface area (Å²) in [6, 6.07) is 7.45. The van der Waals surface area contributed by atoms with Crippen molar-refractivity contribution in [2.45, 2.75) is 13.8 Å². The van der Waals surface area contributed by atoms with Gasteiger partial charge in [0.25, 0.3) is 0 Å². The maximum Gasteiger partial charge on any atom is 0.0965 e. The molecular weight excluding hydrogens is 196 g/mol. The molecule has 0 aromatic heterocycles. The summed E-state index contributed by atoms with van der Waals surface area (Å²) in [5, 5.41) is 9.37. The van der Waals surface area contributed by atoms with E-state index in [1.54, 1.807) is 13.0 Å². The molecule has 0 radical (unpaired) electrons. The zero-order valence-corrected chi connectivity index (χ0v) is 8.89. The highest BCUT2D eigenvalue weighted by Crippen LogP contribution is 2.21. The first-order valence-electron chi connectivity index (χ1n) is 4.19. The van der Waals surface area contributed by atoms with E-state index < -0.39 is 0 Å². The van der Waals surface area contributed by atoms with Crippen LogP contribution in [0.3, 0.4) is 0 Å². The first-order chi connectivity index (χ1) is 6.56. The van der Waals surface area contributed by atoms with Gasteiger partial charge in [0, 0.05) is 16.2 Å². The van der Waals surface area contributed by atoms with E-state index in [0.717, 1.165) is 11.1 Å². The Bertz CT molecular complexity index is 427. The van der Waals surface area contributed by atoms with Gasteiger partial charge in [-0.1, -0.05) is 17.7 Å². The fourth-order valence-electron chi connectivity index (χ4n) is 1.19. The van der Waals surface area contributed by atoms with Crippen molar-refractivity contribution in [2.24, 2.45) is 5.73 Å². The minimum Gasteiger partial charge on any atom is -0.397 e. The van der Waals surface area contributed by atoms with Gasteiger partial charge in [-0.2, -0.15) is 5.26 Å². The van der Waals surface area contributed by atoms with Crippen molar-refractivity contribution in [3.8, 4) is 6.07 Å². The molecule has 0 fully saturated rings. The largest absolute Gasteiger partial charge is 0.397 e. The lowest BCUT2D eigenvalue weighted by Gasteiger charge is -2.06. The average molecular weight is 207 g/mol. The summed E-state index contributed by atoms with van der Waals surface area (Å²) in [5.74, 6) is 0. The van der Waals surface area contributed by atoms with E-state index in [1.165, 1.54) is 0 Å². The molecule has 0 saturated heterocycles. The van der Waals surface area contributed by atoms with Gasteiger partial charge in [0.2, 0.25) is 0 Å². The van der Waals surface area contributed by atoms with Crippen molar-refractivity contribution in [1.82, 2.24) is 0 Å². The Morgan fingerprint density at radius 2 is 2.14 bits per heavy atom. The standard InChI is InChI=1S/C11H11ClN2/c1-7-5-9(12)3-4-10(7)11(14)8(2)6-13/h3-5H,14H2,1-2H3/b11-8-. The molecular formula is C11H11ClN2. The maximum absolute atomic E-state index is 8.70. The van der Waals surface area contributed by atoms with Crippen LogP contribution in [0.4, 0.5) is 0 Å². The van der Waals surface area contributed by atoms with Crippen molar-refractivity contribution in [1.29, 1.82) is 5.26 Å². The maximum atomic E-state index is 8.70. The van der Waals surface area contributed by atoms with Gasteiger partial charge in [0.1, 0.15) is 0 Å². The van der Waals surface area contributed by atoms with Crippen LogP contribution < -0.4 is 5.73 Å². The summed E-state index contributed by atoms with van der Waals surface area (Å²) < 4.78 is 0. The van der Waals surface area contributed by atoms with Gasteiger partial charge in [-0.05, 0) is 31.5 Å². The molecule has 2 nitrogen and oxygen atoms in total. The van der Waals surface area contributed by atoms with Gasteiger partial charge in [-0.25, -0.2) is 0 Å². The van der Waals surface area contributed by atoms with Gasteiger partial charge >= 0.3 is 0 Å². The number of benzene rings is 1. The highest BCUT2D eigenvalue weighted by atomic mass is 35.5. The fourth-order valence-corrected chi connectivity index (χ4v) is 1.42. The third-order valence-electron chi connectivity index (χ3n) is 2.05. The zero-order chi connectivity index (χ0) is 10.7. The Kier molecular flexibility index (Phi) is 3.16. The number of nitrogens with zero attached hydrogens (tertiary/aromatic N) is 1. The Balaban J connectivity index is 3.29. The smallest absolute Gasteiger partial charge is 0.0965 e. The molecule has 0 aliphatic rings. The molecule has 2 N–H and O–H groups in total. The van der Waals surface area contributed by atoms with Gasteiger partial charge < -0.3 is 5.73 Å². The molecule has 0 saturated carbocycles. The highest BCUT2D eigenvalue weighted by molar-refractivity contribution is 6.30. The fraction of sp³-hybridized carbons (Fsp3) is 0.182. The van der Waals surface area contributed by atoms with E-state index in [-0.39, 0.29) is 0 Å². The van der Waals surface area contributed by atoms with Crippen LogP contribution >= 0.6 is 11.6 Å². The predicted molar refractivity (Wildman–Crippen MR) is 58.6 cm³/mol. The number of allylic oxidation sites excluding steroid dienone is 1. The molecule has 0 amide bonds. The van der Waals surface area contributed by atoms with Crippen molar-refractivity contribution in [2.75, 3.05) is 0 Å². The second kappa shape index (κ2) is 4.17. The summed E-state index contributed by atoms with van der Waals surface area (Å²) in [6.45, 7) is 3.61. The molecule has 0 atom stereocenters. The van der Waals surface area contributed by atoms with Crippen LogP contribution in [0.5, 0.6) is 0 Å². The quantitative estimate of drug-likeness (QED) is 0.719. The Morgan fingerprint density at radius 1 is 1.50 bits per heavy atom. The molecule has 0 aliphatic carbocycles. The summed E-state index contributed by atoms with van der Waals surface area (Å²) in [5.41, 5.74) is 8.70. The molecule has 1 rings (SSSR count). The summed E-state index contributed by atoms with van der Waals surface area (Å²) in [6.07, 6.45) is 0. The van der Waals surface area contributed by atoms with Crippen molar-refractivity contribution in [3.63, 3.8) is 0 Å². The van der Waals surface area contributed by atoms with E-state index in [9.17, 15) is 0 Å². The van der Waals surface area contributed by atoms with Crippen LogP contribution in [0.2, 0.25) is 5.02 Å². The SMILES string of the molecule is C/C(C#N)=C(/N)c1ccc(Cl)cc1C. The van der Waals surface area contributed by atoms with Crippen LogP contribution in [-0.4, -0.2) is 0 Å². The van der Waals surface area contributed by atoms with Crippen molar-refractivity contribution >= 4 is 17.3 Å². The Labute approximate surface area is 88.6 Å². The van der Waals surface area contributed by atoms with E-state index in [0.29, 0.717) is 16.3 Å². The van der Waals surface area contributed by atoms with Crippen LogP contribution in [0.15, 0.2) is 23.8 Å². The molecule has 0 aliphatic heterocycles. The number of hydrogen-bond donors (Lipinski definition) is 1. The lowest BCUT2D eigenvalue weighted by atomic mass is 10.0. The van der Waals surface area contributed by atoms with E-state index in [1.807, 2.05) is 25.1 Å². The molecule has 14 heavy (non-hydrogen) atoms. The number of halogens is 1. The molecule has 0 bridgehead atoms. The zero-order valence-electron chi connectivity index (χ0n) is 8.13. The van der Waals surface area contributed by atoms with Crippen LogP contribution in [0.1, 0.15) is 18.1 Å². The average Bonchev–Trinajstić information content (AvgIpc) is 2.15. The summed E-state index contributed by atoms with van der Waals surface area (Å²) in [7, 11) is 0. The Morgan fingerprint density at radius 3 is 2.64 bits per heavy atom.